The Morgan fingerprint density at radius 3 is 2.46 bits per heavy atom. The van der Waals surface area contributed by atoms with Gasteiger partial charge in [0.1, 0.15) is 5.75 Å². The summed E-state index contributed by atoms with van der Waals surface area (Å²) in [6, 6.07) is 12.3. The zero-order valence-corrected chi connectivity index (χ0v) is 15.9. The van der Waals surface area contributed by atoms with Crippen LogP contribution in [0.15, 0.2) is 42.5 Å². The monoisotopic (exact) mass is 395 g/mol. The third-order valence-corrected chi connectivity index (χ3v) is 4.39. The van der Waals surface area contributed by atoms with Crippen molar-refractivity contribution in [3.8, 4) is 5.75 Å². The molecule has 0 saturated heterocycles. The topological polar surface area (TPSA) is 64.6 Å². The van der Waals surface area contributed by atoms with Gasteiger partial charge in [0.2, 0.25) is 0 Å². The van der Waals surface area contributed by atoms with Crippen molar-refractivity contribution in [2.45, 2.75) is 26.4 Å². The number of ether oxygens (including phenoxy) is 2. The molecule has 0 saturated carbocycles. The van der Waals surface area contributed by atoms with Crippen LogP contribution in [0.25, 0.3) is 0 Å². The number of hydrogen-bond acceptors (Lipinski definition) is 4. The molecule has 0 radical (unpaired) electrons. The first kappa shape index (κ1) is 20.1. The first-order valence-corrected chi connectivity index (χ1v) is 8.82. The fraction of sp³-hybridized carbons (Fsp3) is 0.263. The van der Waals surface area contributed by atoms with Crippen molar-refractivity contribution in [3.05, 3.63) is 58.1 Å². The Hall–Kier alpha value is -2.24. The Kier molecular flexibility index (Phi) is 7.30. The Morgan fingerprint density at radius 2 is 1.81 bits per heavy atom. The van der Waals surface area contributed by atoms with Gasteiger partial charge in [-0.05, 0) is 43.2 Å². The molecule has 0 aliphatic heterocycles. The molecule has 0 bridgehead atoms. The molecule has 5 nitrogen and oxygen atoms in total. The lowest BCUT2D eigenvalue weighted by molar-refractivity contribution is -0.155. The number of rotatable bonds is 7. The molecule has 0 heterocycles. The molecule has 138 valence electrons. The molecule has 0 fully saturated rings. The number of carbonyl (C=O) groups excluding carboxylic acids is 2. The lowest BCUT2D eigenvalue weighted by atomic mass is 10.2. The summed E-state index contributed by atoms with van der Waals surface area (Å²) in [5, 5.41) is 3.11. The van der Waals surface area contributed by atoms with Gasteiger partial charge in [0.05, 0.1) is 15.7 Å². The zero-order chi connectivity index (χ0) is 19.1. The van der Waals surface area contributed by atoms with E-state index in [1.54, 1.807) is 30.3 Å². The third kappa shape index (κ3) is 5.64. The first-order valence-electron chi connectivity index (χ1n) is 8.06. The van der Waals surface area contributed by atoms with Gasteiger partial charge in [-0.1, -0.05) is 48.3 Å². The van der Waals surface area contributed by atoms with Gasteiger partial charge in [-0.25, -0.2) is 4.79 Å². The van der Waals surface area contributed by atoms with E-state index in [2.05, 4.69) is 12.2 Å². The van der Waals surface area contributed by atoms with Crippen LogP contribution >= 0.6 is 23.2 Å². The maximum atomic E-state index is 12.1. The largest absolute Gasteiger partial charge is 0.482 e. The third-order valence-electron chi connectivity index (χ3n) is 3.58. The normalized spacial score (nSPS) is 11.5. The Balaban J connectivity index is 1.83. The minimum atomic E-state index is -1.01. The number of aryl methyl sites for hydroxylation is 1. The molecule has 1 N–H and O–H groups in total. The fourth-order valence-corrected chi connectivity index (χ4v) is 2.43. The van der Waals surface area contributed by atoms with E-state index < -0.39 is 18.0 Å². The van der Waals surface area contributed by atoms with E-state index in [4.69, 9.17) is 32.7 Å². The van der Waals surface area contributed by atoms with E-state index in [-0.39, 0.29) is 11.6 Å². The van der Waals surface area contributed by atoms with Crippen LogP contribution in [-0.2, 0) is 20.7 Å². The van der Waals surface area contributed by atoms with Crippen LogP contribution in [0, 0.1) is 0 Å². The smallest absolute Gasteiger partial charge is 0.344 e. The highest BCUT2D eigenvalue weighted by Gasteiger charge is 2.19. The predicted octanol–water partition coefficient (Wildman–Crippen LogP) is 4.51. The van der Waals surface area contributed by atoms with E-state index in [0.717, 1.165) is 6.42 Å². The fourth-order valence-electron chi connectivity index (χ4n) is 2.08. The molecular weight excluding hydrogens is 377 g/mol. The van der Waals surface area contributed by atoms with Gasteiger partial charge in [-0.3, -0.25) is 4.79 Å². The van der Waals surface area contributed by atoms with E-state index in [9.17, 15) is 9.59 Å². The second kappa shape index (κ2) is 9.46. The molecule has 26 heavy (non-hydrogen) atoms. The van der Waals surface area contributed by atoms with Crippen LogP contribution in [0.3, 0.4) is 0 Å². The Bertz CT molecular complexity index is 778. The number of halogens is 2. The highest BCUT2D eigenvalue weighted by Crippen LogP contribution is 2.29. The summed E-state index contributed by atoms with van der Waals surface area (Å²) in [5.74, 6) is -0.610. The Morgan fingerprint density at radius 1 is 1.12 bits per heavy atom. The Labute approximate surface area is 162 Å². The number of amides is 1. The molecule has 0 spiro atoms. The van der Waals surface area contributed by atoms with E-state index in [0.29, 0.717) is 16.5 Å². The second-order valence-corrected chi connectivity index (χ2v) is 6.29. The summed E-state index contributed by atoms with van der Waals surface area (Å²) >= 11 is 11.9. The molecule has 2 aromatic carbocycles. The summed E-state index contributed by atoms with van der Waals surface area (Å²) < 4.78 is 10.4. The SMILES string of the molecule is CCc1ccc(OCC(=O)O[C@@H](C)C(=O)Nc2cccc(Cl)c2Cl)cc1. The molecule has 0 aliphatic rings. The highest BCUT2D eigenvalue weighted by atomic mass is 35.5. The van der Waals surface area contributed by atoms with Crippen LogP contribution < -0.4 is 10.1 Å². The van der Waals surface area contributed by atoms with E-state index >= 15 is 0 Å². The number of anilines is 1. The van der Waals surface area contributed by atoms with Crippen molar-refractivity contribution in [1.82, 2.24) is 0 Å². The van der Waals surface area contributed by atoms with Gasteiger partial charge in [0, 0.05) is 0 Å². The summed E-state index contributed by atoms with van der Waals surface area (Å²) in [6.45, 7) is 3.22. The summed E-state index contributed by atoms with van der Waals surface area (Å²) in [5.41, 5.74) is 1.52. The van der Waals surface area contributed by atoms with Crippen molar-refractivity contribution < 1.29 is 19.1 Å². The molecule has 0 unspecified atom stereocenters. The van der Waals surface area contributed by atoms with E-state index in [1.165, 1.54) is 12.5 Å². The number of hydrogen-bond donors (Lipinski definition) is 1. The first-order chi connectivity index (χ1) is 12.4. The standard InChI is InChI=1S/C19H19Cl2NO4/c1-3-13-7-9-14(10-8-13)25-11-17(23)26-12(2)19(24)22-16-6-4-5-15(20)18(16)21/h4-10,12H,3,11H2,1-2H3,(H,22,24)/t12-/m0/s1. The van der Waals surface area contributed by atoms with Crippen molar-refractivity contribution in [2.75, 3.05) is 11.9 Å². The minimum absolute atomic E-state index is 0.222. The van der Waals surface area contributed by atoms with Crippen LogP contribution in [0.2, 0.25) is 10.0 Å². The van der Waals surface area contributed by atoms with Crippen LogP contribution in [0.1, 0.15) is 19.4 Å². The maximum absolute atomic E-state index is 12.1. The lowest BCUT2D eigenvalue weighted by Gasteiger charge is -2.15. The van der Waals surface area contributed by atoms with Gasteiger partial charge in [-0.2, -0.15) is 0 Å². The molecule has 2 rings (SSSR count). The number of nitrogens with one attached hydrogen (secondary N) is 1. The van der Waals surface area contributed by atoms with Crippen molar-refractivity contribution in [2.24, 2.45) is 0 Å². The van der Waals surface area contributed by atoms with Crippen LogP contribution in [0.5, 0.6) is 5.75 Å². The molecule has 0 aliphatic carbocycles. The highest BCUT2D eigenvalue weighted by molar-refractivity contribution is 6.44. The van der Waals surface area contributed by atoms with Gasteiger partial charge in [-0.15, -0.1) is 0 Å². The summed E-state index contributed by atoms with van der Waals surface area (Å²) in [7, 11) is 0. The maximum Gasteiger partial charge on any atom is 0.344 e. The quantitative estimate of drug-likeness (QED) is 0.700. The van der Waals surface area contributed by atoms with Crippen molar-refractivity contribution in [1.29, 1.82) is 0 Å². The van der Waals surface area contributed by atoms with Gasteiger partial charge < -0.3 is 14.8 Å². The van der Waals surface area contributed by atoms with Crippen LogP contribution in [-0.4, -0.2) is 24.6 Å². The molecule has 1 atom stereocenters. The zero-order valence-electron chi connectivity index (χ0n) is 14.4. The molecular formula is C19H19Cl2NO4. The van der Waals surface area contributed by atoms with Crippen molar-refractivity contribution in [3.63, 3.8) is 0 Å². The van der Waals surface area contributed by atoms with Gasteiger partial charge >= 0.3 is 5.97 Å². The summed E-state index contributed by atoms with van der Waals surface area (Å²) in [6.07, 6.45) is -0.0883. The number of esters is 1. The number of benzene rings is 2. The number of carbonyl (C=O) groups is 2. The molecule has 2 aromatic rings. The summed E-state index contributed by atoms with van der Waals surface area (Å²) in [4.78, 5) is 24.0. The lowest BCUT2D eigenvalue weighted by Crippen LogP contribution is -2.31. The van der Waals surface area contributed by atoms with Crippen molar-refractivity contribution >= 4 is 40.8 Å². The minimum Gasteiger partial charge on any atom is -0.482 e. The molecule has 7 heteroatoms. The average Bonchev–Trinajstić information content (AvgIpc) is 2.64. The molecule has 0 aromatic heterocycles. The van der Waals surface area contributed by atoms with Gasteiger partial charge in [0.15, 0.2) is 12.7 Å². The van der Waals surface area contributed by atoms with Crippen LogP contribution in [0.4, 0.5) is 5.69 Å². The average molecular weight is 396 g/mol. The second-order valence-electron chi connectivity index (χ2n) is 5.51. The predicted molar refractivity (Wildman–Crippen MR) is 102 cm³/mol. The van der Waals surface area contributed by atoms with Gasteiger partial charge in [0.25, 0.3) is 5.91 Å². The van der Waals surface area contributed by atoms with E-state index in [1.807, 2.05) is 12.1 Å². The molecule has 1 amide bonds.